The maximum absolute atomic E-state index is 12.4. The Balaban J connectivity index is 2.58. The molecule has 2 unspecified atom stereocenters. The number of fused-ring (bicyclic) bond motifs is 1. The van der Waals surface area contributed by atoms with Crippen molar-refractivity contribution in [3.8, 4) is 0 Å². The molecule has 1 heterocycles. The predicted octanol–water partition coefficient (Wildman–Crippen LogP) is 2.31. The lowest BCUT2D eigenvalue weighted by Gasteiger charge is -2.32. The van der Waals surface area contributed by atoms with Crippen LogP contribution in [0.4, 0.5) is 5.69 Å². The summed E-state index contributed by atoms with van der Waals surface area (Å²) in [5, 5.41) is -0.607. The van der Waals surface area contributed by atoms with Crippen LogP contribution in [0.25, 0.3) is 0 Å². The van der Waals surface area contributed by atoms with Crippen LogP contribution in [0.2, 0.25) is 0 Å². The molecule has 1 aliphatic rings. The third-order valence-corrected chi connectivity index (χ3v) is 4.84. The van der Waals surface area contributed by atoms with Gasteiger partial charge in [0.25, 0.3) is 0 Å². The summed E-state index contributed by atoms with van der Waals surface area (Å²) in [4.78, 5) is 25.9. The second-order valence-corrected chi connectivity index (χ2v) is 6.80. The van der Waals surface area contributed by atoms with E-state index in [1.54, 1.807) is 30.0 Å². The molecule has 20 heavy (non-hydrogen) atoms. The summed E-state index contributed by atoms with van der Waals surface area (Å²) in [5.74, 6) is -0.254. The number of hydrogen-bond donors (Lipinski definition) is 0. The van der Waals surface area contributed by atoms with Gasteiger partial charge in [0.1, 0.15) is 5.25 Å². The summed E-state index contributed by atoms with van der Waals surface area (Å²) in [6, 6.07) is 4.98. The van der Waals surface area contributed by atoms with Crippen LogP contribution >= 0.6 is 0 Å². The minimum atomic E-state index is -1.43. The van der Waals surface area contributed by atoms with Crippen molar-refractivity contribution in [1.82, 2.24) is 0 Å². The van der Waals surface area contributed by atoms with E-state index in [1.807, 2.05) is 6.92 Å². The molecule has 0 spiro atoms. The molecule has 1 aromatic carbocycles. The summed E-state index contributed by atoms with van der Waals surface area (Å²) < 4.78 is 12.4. The molecule has 0 fully saturated rings. The van der Waals surface area contributed by atoms with E-state index < -0.39 is 16.0 Å². The second-order valence-electron chi connectivity index (χ2n) is 5.06. The lowest BCUT2D eigenvalue weighted by atomic mass is 10.1. The number of anilines is 1. The zero-order valence-corrected chi connectivity index (χ0v) is 12.6. The number of amides is 1. The lowest BCUT2D eigenvalue weighted by Crippen LogP contribution is -2.45. The quantitative estimate of drug-likeness (QED) is 0.634. The third kappa shape index (κ3) is 2.45. The van der Waals surface area contributed by atoms with E-state index in [0.29, 0.717) is 22.7 Å². The van der Waals surface area contributed by atoms with E-state index in [0.717, 1.165) is 5.57 Å². The van der Waals surface area contributed by atoms with Crippen LogP contribution < -0.4 is 4.90 Å². The molecule has 0 saturated carbocycles. The van der Waals surface area contributed by atoms with E-state index in [9.17, 15) is 13.8 Å². The summed E-state index contributed by atoms with van der Waals surface area (Å²) in [6.07, 6.45) is 0. The van der Waals surface area contributed by atoms with Gasteiger partial charge in [-0.25, -0.2) is 0 Å². The number of nitrogens with zero attached hydrogens (tertiary/aromatic N) is 1. The fraction of sp³-hybridized carbons (Fsp3) is 0.333. The molecule has 0 radical (unpaired) electrons. The molecule has 1 aliphatic heterocycles. The molecular weight excluding hydrogens is 274 g/mol. The van der Waals surface area contributed by atoms with Crippen molar-refractivity contribution >= 4 is 28.2 Å². The number of ketones is 1. The molecule has 1 aromatic rings. The summed E-state index contributed by atoms with van der Waals surface area (Å²) in [5.41, 5.74) is 1.97. The highest BCUT2D eigenvalue weighted by molar-refractivity contribution is 7.86. The van der Waals surface area contributed by atoms with Gasteiger partial charge < -0.3 is 4.90 Å². The summed E-state index contributed by atoms with van der Waals surface area (Å²) in [7, 11) is -1.43. The number of hydrogen-bond acceptors (Lipinski definition) is 3. The van der Waals surface area contributed by atoms with E-state index >= 15 is 0 Å². The Kier molecular flexibility index (Phi) is 3.90. The zero-order valence-electron chi connectivity index (χ0n) is 11.8. The fourth-order valence-electron chi connectivity index (χ4n) is 2.17. The molecule has 0 aliphatic carbocycles. The smallest absolute Gasteiger partial charge is 0.243 e. The second kappa shape index (κ2) is 5.32. The highest BCUT2D eigenvalue weighted by atomic mass is 32.2. The van der Waals surface area contributed by atoms with E-state index in [-0.39, 0.29) is 11.7 Å². The predicted molar refractivity (Wildman–Crippen MR) is 79.5 cm³/mol. The van der Waals surface area contributed by atoms with Gasteiger partial charge >= 0.3 is 0 Å². The zero-order chi connectivity index (χ0) is 15.0. The first kappa shape index (κ1) is 14.7. The molecule has 0 aromatic heterocycles. The molecule has 1 amide bonds. The van der Waals surface area contributed by atoms with Crippen LogP contribution in [-0.2, 0) is 15.6 Å². The van der Waals surface area contributed by atoms with Crippen LogP contribution in [0.3, 0.4) is 0 Å². The van der Waals surface area contributed by atoms with Crippen molar-refractivity contribution in [3.63, 3.8) is 0 Å². The minimum absolute atomic E-state index is 0.0826. The van der Waals surface area contributed by atoms with Gasteiger partial charge in [-0.05, 0) is 39.0 Å². The van der Waals surface area contributed by atoms with Crippen molar-refractivity contribution in [1.29, 1.82) is 0 Å². The lowest BCUT2D eigenvalue weighted by molar-refractivity contribution is -0.118. The van der Waals surface area contributed by atoms with Gasteiger partial charge in [0, 0.05) is 12.1 Å². The standard InChI is InChI=1S/C15H17NO3S/c1-9(2)8-16-13-6-5-12(10(3)17)7-14(13)20(19)11(4)15(16)18/h5-7,11H,1,8H2,2-4H3. The Labute approximate surface area is 120 Å². The van der Waals surface area contributed by atoms with Gasteiger partial charge in [-0.1, -0.05) is 12.2 Å². The largest absolute Gasteiger partial charge is 0.306 e. The van der Waals surface area contributed by atoms with Gasteiger partial charge in [0.15, 0.2) is 5.78 Å². The maximum atomic E-state index is 12.4. The van der Waals surface area contributed by atoms with Crippen molar-refractivity contribution < 1.29 is 13.8 Å². The Bertz CT molecular complexity index is 636. The average Bonchev–Trinajstić information content (AvgIpc) is 2.40. The van der Waals surface area contributed by atoms with Crippen LogP contribution in [0.5, 0.6) is 0 Å². The average molecular weight is 291 g/mol. The highest BCUT2D eigenvalue weighted by Gasteiger charge is 2.35. The molecule has 4 nitrogen and oxygen atoms in total. The topological polar surface area (TPSA) is 54.5 Å². The van der Waals surface area contributed by atoms with Crippen molar-refractivity contribution in [2.75, 3.05) is 11.4 Å². The maximum Gasteiger partial charge on any atom is 0.243 e. The van der Waals surface area contributed by atoms with Crippen molar-refractivity contribution in [2.24, 2.45) is 0 Å². The van der Waals surface area contributed by atoms with Crippen LogP contribution in [-0.4, -0.2) is 27.7 Å². The van der Waals surface area contributed by atoms with Crippen LogP contribution in [0.15, 0.2) is 35.2 Å². The first-order valence-electron chi connectivity index (χ1n) is 6.34. The number of rotatable bonds is 3. The molecule has 0 N–H and O–H groups in total. The van der Waals surface area contributed by atoms with E-state index in [1.165, 1.54) is 6.92 Å². The first-order valence-corrected chi connectivity index (χ1v) is 7.55. The Morgan fingerprint density at radius 3 is 2.60 bits per heavy atom. The Hall–Kier alpha value is -1.75. The molecule has 5 heteroatoms. The van der Waals surface area contributed by atoms with Crippen LogP contribution in [0, 0.1) is 0 Å². The van der Waals surface area contributed by atoms with Crippen LogP contribution in [0.1, 0.15) is 31.1 Å². The SMILES string of the molecule is C=C(C)CN1C(=O)C(C)S(=O)c2cc(C(C)=O)ccc21. The summed E-state index contributed by atoms with van der Waals surface area (Å²) in [6.45, 7) is 9.17. The Morgan fingerprint density at radius 1 is 1.40 bits per heavy atom. The van der Waals surface area contributed by atoms with Gasteiger partial charge in [0.05, 0.1) is 21.4 Å². The number of carbonyl (C=O) groups excluding carboxylic acids is 2. The first-order chi connectivity index (χ1) is 9.32. The number of carbonyl (C=O) groups is 2. The number of benzene rings is 1. The fourth-order valence-corrected chi connectivity index (χ4v) is 3.49. The summed E-state index contributed by atoms with van der Waals surface area (Å²) >= 11 is 0. The highest BCUT2D eigenvalue weighted by Crippen LogP contribution is 2.33. The van der Waals surface area contributed by atoms with E-state index in [2.05, 4.69) is 6.58 Å². The molecule has 2 rings (SSSR count). The minimum Gasteiger partial charge on any atom is -0.306 e. The van der Waals surface area contributed by atoms with Crippen molar-refractivity contribution in [2.45, 2.75) is 30.9 Å². The molecule has 2 atom stereocenters. The molecule has 106 valence electrons. The molecule has 0 saturated heterocycles. The third-order valence-electron chi connectivity index (χ3n) is 3.24. The van der Waals surface area contributed by atoms with Gasteiger partial charge in [0.2, 0.25) is 5.91 Å². The van der Waals surface area contributed by atoms with Gasteiger partial charge in [-0.2, -0.15) is 0 Å². The normalized spacial score (nSPS) is 21.6. The van der Waals surface area contributed by atoms with E-state index in [4.69, 9.17) is 0 Å². The van der Waals surface area contributed by atoms with Gasteiger partial charge in [-0.15, -0.1) is 0 Å². The Morgan fingerprint density at radius 2 is 2.05 bits per heavy atom. The van der Waals surface area contributed by atoms with Gasteiger partial charge in [-0.3, -0.25) is 13.8 Å². The number of Topliss-reactive ketones (excluding diaryl/α,β-unsaturated/α-hetero) is 1. The van der Waals surface area contributed by atoms with Crippen molar-refractivity contribution in [3.05, 3.63) is 35.9 Å². The molecular formula is C15H17NO3S. The monoisotopic (exact) mass is 291 g/mol. The molecule has 0 bridgehead atoms.